The minimum Gasteiger partial charge on any atom is -0.378 e. The number of ether oxygens (including phenoxy) is 1. The molecule has 0 N–H and O–H groups in total. The molecule has 3 rings (SSSR count). The van der Waals surface area contributed by atoms with E-state index >= 15 is 0 Å². The van der Waals surface area contributed by atoms with Gasteiger partial charge in [0.15, 0.2) is 0 Å². The normalized spacial score (nSPS) is 31.1. The molecule has 2 amide bonds. The number of carbonyl (C=O) groups is 2. The van der Waals surface area contributed by atoms with E-state index in [9.17, 15) is 9.59 Å². The second kappa shape index (κ2) is 5.33. The van der Waals surface area contributed by atoms with E-state index < -0.39 is 0 Å². The van der Waals surface area contributed by atoms with Gasteiger partial charge < -0.3 is 14.5 Å². The van der Waals surface area contributed by atoms with Crippen LogP contribution in [0, 0.1) is 5.92 Å². The minimum absolute atomic E-state index is 0.00292. The average Bonchev–Trinajstić information content (AvgIpc) is 2.35. The number of nitrogens with zero attached hydrogens (tertiary/aromatic N) is 3. The molecule has 0 saturated carbocycles. The van der Waals surface area contributed by atoms with Crippen LogP contribution in [0.3, 0.4) is 0 Å². The predicted octanol–water partition coefficient (Wildman–Crippen LogP) is -0.604. The Morgan fingerprint density at radius 1 is 1.40 bits per heavy atom. The van der Waals surface area contributed by atoms with E-state index in [4.69, 9.17) is 4.74 Å². The first-order valence-corrected chi connectivity index (χ1v) is 7.38. The largest absolute Gasteiger partial charge is 0.378 e. The molecular weight excluding hydrogens is 258 g/mol. The van der Waals surface area contributed by atoms with Crippen molar-refractivity contribution in [3.8, 4) is 0 Å². The zero-order chi connectivity index (χ0) is 14.3. The zero-order valence-electron chi connectivity index (χ0n) is 12.2. The van der Waals surface area contributed by atoms with Crippen molar-refractivity contribution in [2.75, 3.05) is 46.9 Å². The topological polar surface area (TPSA) is 53.1 Å². The maximum absolute atomic E-state index is 12.6. The maximum Gasteiger partial charge on any atom is 0.241 e. The van der Waals surface area contributed by atoms with Gasteiger partial charge in [0.2, 0.25) is 11.8 Å². The summed E-state index contributed by atoms with van der Waals surface area (Å²) in [7, 11) is 3.46. The van der Waals surface area contributed by atoms with Gasteiger partial charge in [-0.25, -0.2) is 0 Å². The van der Waals surface area contributed by atoms with Crippen molar-refractivity contribution in [2.45, 2.75) is 24.9 Å². The number of fused-ring (bicyclic) bond motifs is 2. The highest BCUT2D eigenvalue weighted by Gasteiger charge is 2.45. The summed E-state index contributed by atoms with van der Waals surface area (Å²) in [4.78, 5) is 30.1. The van der Waals surface area contributed by atoms with E-state index in [0.29, 0.717) is 12.0 Å². The second-order valence-electron chi connectivity index (χ2n) is 6.34. The lowest BCUT2D eigenvalue weighted by Crippen LogP contribution is -2.65. The SMILES string of the molecule is CN(C)C(=O)CN1C[C@H]2CCN(C3COC3)[C@H](C2)C1=O. The van der Waals surface area contributed by atoms with Gasteiger partial charge in [0.25, 0.3) is 0 Å². The molecule has 0 aromatic carbocycles. The molecule has 2 atom stereocenters. The van der Waals surface area contributed by atoms with Gasteiger partial charge in [-0.05, 0) is 25.3 Å². The van der Waals surface area contributed by atoms with Crippen LogP contribution in [-0.2, 0) is 14.3 Å². The van der Waals surface area contributed by atoms with E-state index in [1.807, 2.05) is 0 Å². The van der Waals surface area contributed by atoms with Crippen LogP contribution in [0.4, 0.5) is 0 Å². The summed E-state index contributed by atoms with van der Waals surface area (Å²) in [6.07, 6.45) is 2.06. The van der Waals surface area contributed by atoms with Gasteiger partial charge in [-0.1, -0.05) is 0 Å². The number of likely N-dealkylation sites (N-methyl/N-ethyl adjacent to an activating group) is 1. The Hall–Kier alpha value is -1.14. The molecule has 20 heavy (non-hydrogen) atoms. The van der Waals surface area contributed by atoms with Crippen LogP contribution >= 0.6 is 0 Å². The van der Waals surface area contributed by atoms with Gasteiger partial charge in [0.05, 0.1) is 31.8 Å². The fourth-order valence-electron chi connectivity index (χ4n) is 3.38. The lowest BCUT2D eigenvalue weighted by molar-refractivity contribution is -0.159. The Balaban J connectivity index is 1.69. The third-order valence-electron chi connectivity index (χ3n) is 4.74. The van der Waals surface area contributed by atoms with E-state index in [1.54, 1.807) is 23.9 Å². The Kier molecular flexibility index (Phi) is 3.69. The van der Waals surface area contributed by atoms with E-state index in [2.05, 4.69) is 4.90 Å². The zero-order valence-corrected chi connectivity index (χ0v) is 12.2. The van der Waals surface area contributed by atoms with Crippen LogP contribution in [0.25, 0.3) is 0 Å². The molecule has 0 radical (unpaired) electrons. The number of carbonyl (C=O) groups excluding carboxylic acids is 2. The molecule has 3 saturated heterocycles. The predicted molar refractivity (Wildman–Crippen MR) is 73.1 cm³/mol. The molecule has 0 unspecified atom stereocenters. The van der Waals surface area contributed by atoms with Crippen LogP contribution in [-0.4, -0.2) is 85.5 Å². The van der Waals surface area contributed by atoms with E-state index in [-0.39, 0.29) is 24.4 Å². The fourth-order valence-corrected chi connectivity index (χ4v) is 3.38. The van der Waals surface area contributed by atoms with Gasteiger partial charge in [-0.3, -0.25) is 14.5 Å². The molecule has 0 aromatic heterocycles. The molecule has 6 heteroatoms. The highest BCUT2D eigenvalue weighted by molar-refractivity contribution is 5.88. The summed E-state index contributed by atoms with van der Waals surface area (Å²) >= 11 is 0. The molecule has 3 fully saturated rings. The second-order valence-corrected chi connectivity index (χ2v) is 6.34. The lowest BCUT2D eigenvalue weighted by Gasteiger charge is -2.50. The van der Waals surface area contributed by atoms with Crippen LogP contribution in [0.1, 0.15) is 12.8 Å². The molecule has 2 bridgehead atoms. The van der Waals surface area contributed by atoms with Crippen molar-refractivity contribution in [3.05, 3.63) is 0 Å². The highest BCUT2D eigenvalue weighted by Crippen LogP contribution is 2.32. The number of hydrogen-bond donors (Lipinski definition) is 0. The Morgan fingerprint density at radius 3 is 2.75 bits per heavy atom. The third kappa shape index (κ3) is 2.42. The molecule has 0 spiro atoms. The fraction of sp³-hybridized carbons (Fsp3) is 0.857. The first-order chi connectivity index (χ1) is 9.56. The first kappa shape index (κ1) is 13.8. The van der Waals surface area contributed by atoms with Crippen molar-refractivity contribution in [1.29, 1.82) is 0 Å². The molecule has 112 valence electrons. The smallest absolute Gasteiger partial charge is 0.241 e. The van der Waals surface area contributed by atoms with Gasteiger partial charge >= 0.3 is 0 Å². The Labute approximate surface area is 119 Å². The first-order valence-electron chi connectivity index (χ1n) is 7.38. The van der Waals surface area contributed by atoms with Crippen molar-refractivity contribution in [3.63, 3.8) is 0 Å². The van der Waals surface area contributed by atoms with Gasteiger partial charge in [0, 0.05) is 20.6 Å². The molecular formula is C14H23N3O3. The summed E-state index contributed by atoms with van der Waals surface area (Å²) in [6.45, 7) is 3.43. The van der Waals surface area contributed by atoms with Crippen LogP contribution in [0.5, 0.6) is 0 Å². The third-order valence-corrected chi connectivity index (χ3v) is 4.74. The molecule has 3 aliphatic rings. The number of rotatable bonds is 3. The Bertz CT molecular complexity index is 408. The molecule has 0 aromatic rings. The molecule has 0 aliphatic carbocycles. The van der Waals surface area contributed by atoms with Crippen LogP contribution in [0.2, 0.25) is 0 Å². The number of hydrogen-bond acceptors (Lipinski definition) is 4. The summed E-state index contributed by atoms with van der Waals surface area (Å²) in [5, 5.41) is 0. The Morgan fingerprint density at radius 2 is 2.15 bits per heavy atom. The number of piperidine rings is 2. The minimum atomic E-state index is -0.0358. The maximum atomic E-state index is 12.6. The van der Waals surface area contributed by atoms with Crippen molar-refractivity contribution in [1.82, 2.24) is 14.7 Å². The number of likely N-dealkylation sites (tertiary alicyclic amines) is 2. The van der Waals surface area contributed by atoms with Crippen molar-refractivity contribution >= 4 is 11.8 Å². The summed E-state index contributed by atoms with van der Waals surface area (Å²) in [5.41, 5.74) is 0. The van der Waals surface area contributed by atoms with E-state index in [0.717, 1.165) is 39.1 Å². The summed E-state index contributed by atoms with van der Waals surface area (Å²) < 4.78 is 5.26. The van der Waals surface area contributed by atoms with Gasteiger partial charge in [0.1, 0.15) is 0 Å². The molecule has 6 nitrogen and oxygen atoms in total. The van der Waals surface area contributed by atoms with Gasteiger partial charge in [-0.15, -0.1) is 0 Å². The average molecular weight is 281 g/mol. The van der Waals surface area contributed by atoms with Crippen molar-refractivity contribution < 1.29 is 14.3 Å². The van der Waals surface area contributed by atoms with Gasteiger partial charge in [-0.2, -0.15) is 0 Å². The lowest BCUT2D eigenvalue weighted by atomic mass is 9.84. The monoisotopic (exact) mass is 281 g/mol. The standard InChI is InChI=1S/C14H23N3O3/c1-15(2)13(18)7-16-6-10-3-4-17(11-8-20-9-11)12(5-10)14(16)19/h10-12H,3-9H2,1-2H3/t10-,12+/m0/s1. The van der Waals surface area contributed by atoms with Crippen LogP contribution < -0.4 is 0 Å². The quantitative estimate of drug-likeness (QED) is 0.693. The molecule has 3 aliphatic heterocycles. The van der Waals surface area contributed by atoms with E-state index in [1.165, 1.54) is 0 Å². The highest BCUT2D eigenvalue weighted by atomic mass is 16.5. The van der Waals surface area contributed by atoms with Crippen LogP contribution in [0.15, 0.2) is 0 Å². The summed E-state index contributed by atoms with van der Waals surface area (Å²) in [6, 6.07) is 0.362. The number of amides is 2. The molecule has 3 heterocycles. The summed E-state index contributed by atoms with van der Waals surface area (Å²) in [5.74, 6) is 0.671. The van der Waals surface area contributed by atoms with Crippen molar-refractivity contribution in [2.24, 2.45) is 5.92 Å².